The van der Waals surface area contributed by atoms with E-state index in [4.69, 9.17) is 0 Å². The van der Waals surface area contributed by atoms with Crippen LogP contribution >= 0.6 is 0 Å². The molecule has 0 amide bonds. The van der Waals surface area contributed by atoms with Gasteiger partial charge in [0.2, 0.25) is 5.95 Å². The summed E-state index contributed by atoms with van der Waals surface area (Å²) in [6.07, 6.45) is 2.50. The predicted octanol–water partition coefficient (Wildman–Crippen LogP) is 0.571. The second-order valence-electron chi connectivity index (χ2n) is 4.37. The monoisotopic (exact) mass is 237 g/mol. The first-order valence-electron chi connectivity index (χ1n) is 5.53. The fraction of sp³-hybridized carbons (Fsp3) is 0.600. The highest BCUT2D eigenvalue weighted by atomic mass is 16.6. The number of aromatic nitrogens is 2. The van der Waals surface area contributed by atoms with Crippen molar-refractivity contribution in [1.29, 1.82) is 0 Å². The second kappa shape index (κ2) is 4.62. The zero-order chi connectivity index (χ0) is 12.4. The first-order valence-corrected chi connectivity index (χ1v) is 5.53. The van der Waals surface area contributed by atoms with Gasteiger partial charge in [0, 0.05) is 25.2 Å². The average Bonchev–Trinajstić information content (AvgIpc) is 2.28. The fourth-order valence-electron chi connectivity index (χ4n) is 2.06. The topological polar surface area (TPSA) is 84.2 Å². The van der Waals surface area contributed by atoms with Gasteiger partial charge in [-0.25, -0.2) is 9.97 Å². The predicted molar refractivity (Wildman–Crippen MR) is 63.0 cm³/mol. The molecule has 1 fully saturated rings. The maximum Gasteiger partial charge on any atom is 0.305 e. The van der Waals surface area contributed by atoms with Gasteiger partial charge in [0.25, 0.3) is 0 Å². The Balaban J connectivity index is 2.14. The summed E-state index contributed by atoms with van der Waals surface area (Å²) in [6.45, 7) is 5.80. The van der Waals surface area contributed by atoms with Crippen LogP contribution in [-0.2, 0) is 0 Å². The number of hydrogen-bond acceptors (Lipinski definition) is 6. The maximum absolute atomic E-state index is 10.5. The number of nitrogens with zero attached hydrogens (tertiary/aromatic N) is 4. The summed E-state index contributed by atoms with van der Waals surface area (Å²) in [5.74, 6) is 0.552. The SMILES string of the molecule is CC1CN(c2ncc([N+](=O)[O-])cn2)CC(C)N1. The van der Waals surface area contributed by atoms with Crippen molar-refractivity contribution < 1.29 is 4.92 Å². The van der Waals surface area contributed by atoms with Crippen molar-refractivity contribution in [2.45, 2.75) is 25.9 Å². The van der Waals surface area contributed by atoms with Crippen molar-refractivity contribution in [3.8, 4) is 0 Å². The Labute approximate surface area is 99.0 Å². The van der Waals surface area contributed by atoms with E-state index in [1.54, 1.807) is 0 Å². The highest BCUT2D eigenvalue weighted by molar-refractivity contribution is 5.35. The van der Waals surface area contributed by atoms with Gasteiger partial charge in [0.1, 0.15) is 12.4 Å². The minimum Gasteiger partial charge on any atom is -0.338 e. The summed E-state index contributed by atoms with van der Waals surface area (Å²) in [7, 11) is 0. The van der Waals surface area contributed by atoms with Crippen molar-refractivity contribution in [3.63, 3.8) is 0 Å². The maximum atomic E-state index is 10.5. The van der Waals surface area contributed by atoms with Crippen LogP contribution in [-0.4, -0.2) is 40.1 Å². The third-order valence-corrected chi connectivity index (χ3v) is 2.68. The van der Waals surface area contributed by atoms with Crippen LogP contribution in [0.2, 0.25) is 0 Å². The zero-order valence-electron chi connectivity index (χ0n) is 9.83. The van der Waals surface area contributed by atoms with Crippen LogP contribution in [0.25, 0.3) is 0 Å². The first kappa shape index (κ1) is 11.7. The molecule has 2 atom stereocenters. The normalized spacial score (nSPS) is 24.7. The molecular weight excluding hydrogens is 222 g/mol. The van der Waals surface area contributed by atoms with Crippen LogP contribution in [0.3, 0.4) is 0 Å². The average molecular weight is 237 g/mol. The minimum absolute atomic E-state index is 0.0787. The van der Waals surface area contributed by atoms with Gasteiger partial charge in [-0.15, -0.1) is 0 Å². The van der Waals surface area contributed by atoms with Crippen molar-refractivity contribution in [3.05, 3.63) is 22.5 Å². The van der Waals surface area contributed by atoms with E-state index in [0.29, 0.717) is 18.0 Å². The Bertz CT molecular complexity index is 398. The van der Waals surface area contributed by atoms with Crippen LogP contribution in [0.1, 0.15) is 13.8 Å². The molecule has 1 saturated heterocycles. The van der Waals surface area contributed by atoms with Gasteiger partial charge in [0.15, 0.2) is 0 Å². The van der Waals surface area contributed by atoms with E-state index in [2.05, 4.69) is 29.1 Å². The molecule has 1 aromatic heterocycles. The van der Waals surface area contributed by atoms with Gasteiger partial charge in [-0.3, -0.25) is 10.1 Å². The molecule has 2 unspecified atom stereocenters. The molecule has 7 nitrogen and oxygen atoms in total. The molecule has 0 aliphatic carbocycles. The molecule has 7 heteroatoms. The van der Waals surface area contributed by atoms with Crippen LogP contribution < -0.4 is 10.2 Å². The molecular formula is C10H15N5O2. The molecule has 2 rings (SSSR count). The molecule has 1 N–H and O–H groups in total. The Morgan fingerprint density at radius 1 is 1.35 bits per heavy atom. The smallest absolute Gasteiger partial charge is 0.305 e. The lowest BCUT2D eigenvalue weighted by atomic mass is 10.1. The van der Waals surface area contributed by atoms with Crippen molar-refractivity contribution in [2.75, 3.05) is 18.0 Å². The molecule has 1 aliphatic heterocycles. The number of hydrogen-bond donors (Lipinski definition) is 1. The third kappa shape index (κ3) is 2.68. The van der Waals surface area contributed by atoms with E-state index < -0.39 is 4.92 Å². The number of anilines is 1. The van der Waals surface area contributed by atoms with Crippen molar-refractivity contribution >= 4 is 11.6 Å². The number of rotatable bonds is 2. The Hall–Kier alpha value is -1.76. The summed E-state index contributed by atoms with van der Waals surface area (Å²) in [6, 6.07) is 0.718. The Kier molecular flexibility index (Phi) is 3.19. The fourth-order valence-corrected chi connectivity index (χ4v) is 2.06. The number of nitrogens with one attached hydrogen (secondary N) is 1. The van der Waals surface area contributed by atoms with E-state index in [0.717, 1.165) is 13.1 Å². The molecule has 0 aromatic carbocycles. The quantitative estimate of drug-likeness (QED) is 0.598. The van der Waals surface area contributed by atoms with Gasteiger partial charge in [-0.2, -0.15) is 0 Å². The van der Waals surface area contributed by atoms with Gasteiger partial charge in [0.05, 0.1) is 4.92 Å². The third-order valence-electron chi connectivity index (χ3n) is 2.68. The first-order chi connectivity index (χ1) is 8.06. The van der Waals surface area contributed by atoms with Crippen LogP contribution in [0.4, 0.5) is 11.6 Å². The van der Waals surface area contributed by atoms with Gasteiger partial charge < -0.3 is 10.2 Å². The molecule has 0 radical (unpaired) electrons. The van der Waals surface area contributed by atoms with E-state index in [9.17, 15) is 10.1 Å². The lowest BCUT2D eigenvalue weighted by Crippen LogP contribution is -2.54. The summed E-state index contributed by atoms with van der Waals surface area (Å²) in [5, 5.41) is 13.9. The Morgan fingerprint density at radius 2 is 1.88 bits per heavy atom. The van der Waals surface area contributed by atoms with E-state index >= 15 is 0 Å². The van der Waals surface area contributed by atoms with Crippen molar-refractivity contribution in [1.82, 2.24) is 15.3 Å². The molecule has 0 saturated carbocycles. The zero-order valence-corrected chi connectivity index (χ0v) is 9.83. The highest BCUT2D eigenvalue weighted by Crippen LogP contribution is 2.14. The van der Waals surface area contributed by atoms with Crippen LogP contribution in [0.5, 0.6) is 0 Å². The minimum atomic E-state index is -0.493. The molecule has 1 aliphatic rings. The second-order valence-corrected chi connectivity index (χ2v) is 4.37. The number of piperazine rings is 1. The van der Waals surface area contributed by atoms with Crippen molar-refractivity contribution in [2.24, 2.45) is 0 Å². The van der Waals surface area contributed by atoms with Crippen LogP contribution in [0.15, 0.2) is 12.4 Å². The highest BCUT2D eigenvalue weighted by Gasteiger charge is 2.23. The summed E-state index contributed by atoms with van der Waals surface area (Å²) in [5.41, 5.74) is -0.0787. The summed E-state index contributed by atoms with van der Waals surface area (Å²) < 4.78 is 0. The Morgan fingerprint density at radius 3 is 2.35 bits per heavy atom. The van der Waals surface area contributed by atoms with Gasteiger partial charge >= 0.3 is 5.69 Å². The standard InChI is InChI=1S/C10H15N5O2/c1-7-5-14(6-8(2)13-7)10-11-3-9(4-12-10)15(16)17/h3-4,7-8,13H,5-6H2,1-2H3. The molecule has 2 heterocycles. The summed E-state index contributed by atoms with van der Waals surface area (Å²) >= 11 is 0. The largest absolute Gasteiger partial charge is 0.338 e. The molecule has 0 spiro atoms. The van der Waals surface area contributed by atoms with Crippen LogP contribution in [0, 0.1) is 10.1 Å². The molecule has 1 aromatic rings. The molecule has 92 valence electrons. The van der Waals surface area contributed by atoms with E-state index in [1.807, 2.05) is 4.90 Å². The van der Waals surface area contributed by atoms with E-state index in [1.165, 1.54) is 12.4 Å². The van der Waals surface area contributed by atoms with E-state index in [-0.39, 0.29) is 5.69 Å². The molecule has 17 heavy (non-hydrogen) atoms. The molecule has 0 bridgehead atoms. The lowest BCUT2D eigenvalue weighted by molar-refractivity contribution is -0.385. The number of nitro groups is 1. The van der Waals surface area contributed by atoms with Gasteiger partial charge in [-0.05, 0) is 13.8 Å². The lowest BCUT2D eigenvalue weighted by Gasteiger charge is -2.35. The van der Waals surface area contributed by atoms with Gasteiger partial charge in [-0.1, -0.05) is 0 Å². The summed E-state index contributed by atoms with van der Waals surface area (Å²) in [4.78, 5) is 20.1.